The lowest BCUT2D eigenvalue weighted by Crippen LogP contribution is -2.41. The van der Waals surface area contributed by atoms with Gasteiger partial charge in [0.25, 0.3) is 0 Å². The highest BCUT2D eigenvalue weighted by Gasteiger charge is 2.32. The van der Waals surface area contributed by atoms with Gasteiger partial charge in [0, 0.05) is 25.6 Å². The summed E-state index contributed by atoms with van der Waals surface area (Å²) in [6.07, 6.45) is 2.39. The van der Waals surface area contributed by atoms with Crippen LogP contribution in [0.4, 0.5) is 4.79 Å². The number of carbonyl (C=O) groups is 2. The van der Waals surface area contributed by atoms with Crippen molar-refractivity contribution in [2.45, 2.75) is 38.3 Å². The number of phenolic OH excluding ortho intramolecular Hbond substituents is 1. The molecule has 0 bridgehead atoms. The van der Waals surface area contributed by atoms with E-state index in [0.717, 1.165) is 18.4 Å². The topological polar surface area (TPSA) is 99.1 Å². The Kier molecular flexibility index (Phi) is 5.67. The molecule has 7 nitrogen and oxygen atoms in total. The van der Waals surface area contributed by atoms with Crippen LogP contribution in [0.15, 0.2) is 18.2 Å². The van der Waals surface area contributed by atoms with Gasteiger partial charge < -0.3 is 25.2 Å². The van der Waals surface area contributed by atoms with E-state index in [1.54, 1.807) is 23.1 Å². The average Bonchev–Trinajstić information content (AvgIpc) is 3.35. The van der Waals surface area contributed by atoms with Crippen LogP contribution in [0.2, 0.25) is 0 Å². The van der Waals surface area contributed by atoms with Crippen LogP contribution in [-0.2, 0) is 11.3 Å². The maximum absolute atomic E-state index is 12.3. The molecule has 0 unspecified atom stereocenters. The molecule has 3 N–H and O–H groups in total. The number of nitrogens with zero attached hydrogens (tertiary/aromatic N) is 1. The molecule has 1 saturated carbocycles. The Morgan fingerprint density at radius 3 is 2.74 bits per heavy atom. The molecule has 1 aromatic rings. The molecule has 1 aliphatic carbocycles. The summed E-state index contributed by atoms with van der Waals surface area (Å²) in [6.45, 7) is 0.763. The zero-order valence-electron chi connectivity index (χ0n) is 13.1. The molecular formula is C16H22N2O5. The molecule has 1 aromatic carbocycles. The van der Waals surface area contributed by atoms with Crippen molar-refractivity contribution in [3.8, 4) is 11.5 Å². The first-order valence-corrected chi connectivity index (χ1v) is 7.63. The third-order valence-corrected chi connectivity index (χ3v) is 3.69. The number of ether oxygens (including phenoxy) is 1. The summed E-state index contributed by atoms with van der Waals surface area (Å²) >= 11 is 0. The average molecular weight is 322 g/mol. The Morgan fingerprint density at radius 2 is 2.13 bits per heavy atom. The van der Waals surface area contributed by atoms with Crippen molar-refractivity contribution < 1.29 is 24.5 Å². The summed E-state index contributed by atoms with van der Waals surface area (Å²) in [6, 6.07) is 5.04. The quantitative estimate of drug-likeness (QED) is 0.635. The largest absolute Gasteiger partial charge is 0.504 e. The molecule has 126 valence electrons. The van der Waals surface area contributed by atoms with Gasteiger partial charge in [0.15, 0.2) is 11.5 Å². The number of hydrogen-bond donors (Lipinski definition) is 3. The molecule has 1 fully saturated rings. The van der Waals surface area contributed by atoms with Crippen LogP contribution in [0, 0.1) is 0 Å². The normalized spacial score (nSPS) is 13.4. The van der Waals surface area contributed by atoms with E-state index in [2.05, 4.69) is 5.32 Å². The first kappa shape index (κ1) is 16.9. The van der Waals surface area contributed by atoms with E-state index in [9.17, 15) is 14.7 Å². The molecule has 0 heterocycles. The number of carbonyl (C=O) groups excluding carboxylic acids is 1. The summed E-state index contributed by atoms with van der Waals surface area (Å²) in [5.74, 6) is -0.429. The van der Waals surface area contributed by atoms with E-state index >= 15 is 0 Å². The van der Waals surface area contributed by atoms with E-state index in [1.807, 2.05) is 0 Å². The lowest BCUT2D eigenvalue weighted by molar-refractivity contribution is -0.137. The minimum absolute atomic E-state index is 0.0405. The molecule has 0 aromatic heterocycles. The Labute approximate surface area is 134 Å². The van der Waals surface area contributed by atoms with Crippen molar-refractivity contribution in [3.05, 3.63) is 23.8 Å². The van der Waals surface area contributed by atoms with Crippen LogP contribution in [0.1, 0.15) is 31.2 Å². The van der Waals surface area contributed by atoms with Gasteiger partial charge in [-0.2, -0.15) is 0 Å². The van der Waals surface area contributed by atoms with Crippen molar-refractivity contribution in [2.24, 2.45) is 0 Å². The molecule has 1 aliphatic rings. The summed E-state index contributed by atoms with van der Waals surface area (Å²) in [4.78, 5) is 24.5. The van der Waals surface area contributed by atoms with Gasteiger partial charge in [0.1, 0.15) is 0 Å². The fraction of sp³-hybridized carbons (Fsp3) is 0.500. The van der Waals surface area contributed by atoms with Crippen LogP contribution in [0.3, 0.4) is 0 Å². The highest BCUT2D eigenvalue weighted by atomic mass is 16.5. The zero-order valence-corrected chi connectivity index (χ0v) is 13.1. The number of rotatable bonds is 8. The maximum atomic E-state index is 12.3. The number of nitrogens with one attached hydrogen (secondary N) is 1. The van der Waals surface area contributed by atoms with E-state index in [-0.39, 0.29) is 24.2 Å². The Hall–Kier alpha value is -2.44. The predicted molar refractivity (Wildman–Crippen MR) is 83.5 cm³/mol. The number of phenols is 1. The van der Waals surface area contributed by atoms with Crippen LogP contribution >= 0.6 is 0 Å². The molecule has 2 rings (SSSR count). The van der Waals surface area contributed by atoms with E-state index in [1.165, 1.54) is 7.11 Å². The van der Waals surface area contributed by atoms with Gasteiger partial charge in [-0.1, -0.05) is 6.07 Å². The number of hydrogen-bond acceptors (Lipinski definition) is 4. The Morgan fingerprint density at radius 1 is 1.39 bits per heavy atom. The minimum Gasteiger partial charge on any atom is -0.504 e. The van der Waals surface area contributed by atoms with E-state index < -0.39 is 5.97 Å². The highest BCUT2D eigenvalue weighted by Crippen LogP contribution is 2.31. The second kappa shape index (κ2) is 7.71. The van der Waals surface area contributed by atoms with Gasteiger partial charge in [-0.15, -0.1) is 0 Å². The SMILES string of the molecule is COc1cc(CN(C(=O)NCCCC(=O)O)C2CC2)ccc1O. The van der Waals surface area contributed by atoms with Crippen LogP contribution < -0.4 is 10.1 Å². The van der Waals surface area contributed by atoms with E-state index in [0.29, 0.717) is 25.3 Å². The number of methoxy groups -OCH3 is 1. The number of urea groups is 1. The molecule has 0 aliphatic heterocycles. The van der Waals surface area contributed by atoms with Crippen molar-refractivity contribution in [1.82, 2.24) is 10.2 Å². The van der Waals surface area contributed by atoms with Gasteiger partial charge in [-0.3, -0.25) is 4.79 Å². The molecule has 0 atom stereocenters. The van der Waals surface area contributed by atoms with Gasteiger partial charge in [0.2, 0.25) is 0 Å². The second-order valence-corrected chi connectivity index (χ2v) is 5.59. The Bertz CT molecular complexity index is 572. The number of carboxylic acids is 1. The van der Waals surface area contributed by atoms with Crippen LogP contribution in [-0.4, -0.2) is 46.8 Å². The standard InChI is InChI=1S/C16H22N2O5/c1-23-14-9-11(4-7-13(14)19)10-18(12-5-6-12)16(22)17-8-2-3-15(20)21/h4,7,9,12,19H,2-3,5-6,8,10H2,1H3,(H,17,22)(H,20,21). The number of aliphatic carboxylic acids is 1. The third kappa shape index (κ3) is 5.05. The molecule has 2 amide bonds. The fourth-order valence-corrected chi connectivity index (χ4v) is 2.31. The third-order valence-electron chi connectivity index (χ3n) is 3.69. The number of benzene rings is 1. The number of carboxylic acid groups (broad SMARTS) is 1. The molecule has 7 heteroatoms. The van der Waals surface area contributed by atoms with Gasteiger partial charge in [-0.05, 0) is 37.0 Å². The predicted octanol–water partition coefficient (Wildman–Crippen LogP) is 1.94. The van der Waals surface area contributed by atoms with Crippen molar-refractivity contribution >= 4 is 12.0 Å². The smallest absolute Gasteiger partial charge is 0.317 e. The highest BCUT2D eigenvalue weighted by molar-refractivity contribution is 5.75. The monoisotopic (exact) mass is 322 g/mol. The summed E-state index contributed by atoms with van der Waals surface area (Å²) < 4.78 is 5.08. The summed E-state index contributed by atoms with van der Waals surface area (Å²) in [7, 11) is 1.48. The molecule has 0 spiro atoms. The number of amides is 2. The van der Waals surface area contributed by atoms with Crippen LogP contribution in [0.5, 0.6) is 11.5 Å². The van der Waals surface area contributed by atoms with Gasteiger partial charge in [0.05, 0.1) is 7.11 Å². The molecule has 0 radical (unpaired) electrons. The summed E-state index contributed by atoms with van der Waals surface area (Å²) in [5, 5.41) is 21.0. The van der Waals surface area contributed by atoms with Crippen molar-refractivity contribution in [3.63, 3.8) is 0 Å². The molecule has 0 saturated heterocycles. The van der Waals surface area contributed by atoms with Crippen molar-refractivity contribution in [1.29, 1.82) is 0 Å². The first-order valence-electron chi connectivity index (χ1n) is 7.63. The molecule has 23 heavy (non-hydrogen) atoms. The zero-order chi connectivity index (χ0) is 16.8. The second-order valence-electron chi connectivity index (χ2n) is 5.59. The van der Waals surface area contributed by atoms with Gasteiger partial charge in [-0.25, -0.2) is 4.79 Å². The molecular weight excluding hydrogens is 300 g/mol. The lowest BCUT2D eigenvalue weighted by atomic mass is 10.2. The maximum Gasteiger partial charge on any atom is 0.317 e. The minimum atomic E-state index is -0.866. The fourth-order valence-electron chi connectivity index (χ4n) is 2.31. The van der Waals surface area contributed by atoms with Crippen molar-refractivity contribution in [2.75, 3.05) is 13.7 Å². The van der Waals surface area contributed by atoms with Gasteiger partial charge >= 0.3 is 12.0 Å². The Balaban J connectivity index is 1.93. The summed E-state index contributed by atoms with van der Waals surface area (Å²) in [5.41, 5.74) is 0.868. The number of aromatic hydroxyl groups is 1. The van der Waals surface area contributed by atoms with Crippen LogP contribution in [0.25, 0.3) is 0 Å². The first-order chi connectivity index (χ1) is 11.0. The van der Waals surface area contributed by atoms with E-state index in [4.69, 9.17) is 9.84 Å². The lowest BCUT2D eigenvalue weighted by Gasteiger charge is -2.23.